The van der Waals surface area contributed by atoms with Gasteiger partial charge in [0.2, 0.25) is 0 Å². The van der Waals surface area contributed by atoms with Crippen LogP contribution in [0.4, 0.5) is 0 Å². The Morgan fingerprint density at radius 1 is 1.75 bits per heavy atom. The van der Waals surface area contributed by atoms with Crippen LogP contribution in [0.2, 0.25) is 0 Å². The van der Waals surface area contributed by atoms with E-state index in [1.807, 2.05) is 6.20 Å². The molecular formula is C11H18BrN3S. The van der Waals surface area contributed by atoms with Crippen LogP contribution in [0.5, 0.6) is 0 Å². The molecule has 1 aromatic heterocycles. The topological polar surface area (TPSA) is 28.2 Å². The van der Waals surface area contributed by atoms with Crippen molar-refractivity contribution in [2.45, 2.75) is 31.8 Å². The third-order valence-electron chi connectivity index (χ3n) is 3.20. The molecule has 16 heavy (non-hydrogen) atoms. The smallest absolute Gasteiger partial charge is 0.110 e. The maximum atomic E-state index is 4.38. The molecule has 0 saturated carbocycles. The second-order valence-corrected chi connectivity index (χ2v) is 6.85. The number of aromatic nitrogens is 1. The standard InChI is InChI=1S/C11H18BrN3S/c1-8(11-14-7-10(12)16-11)13-6-9-4-3-5-15(9)2/h7-9,13H,3-6H2,1-2H3. The highest BCUT2D eigenvalue weighted by atomic mass is 79.9. The van der Waals surface area contributed by atoms with Gasteiger partial charge in [0.05, 0.1) is 16.0 Å². The fraction of sp³-hybridized carbons (Fsp3) is 0.727. The molecule has 0 aliphatic carbocycles. The highest BCUT2D eigenvalue weighted by Crippen LogP contribution is 2.24. The lowest BCUT2D eigenvalue weighted by molar-refractivity contribution is 0.293. The number of nitrogens with zero attached hydrogens (tertiary/aromatic N) is 2. The molecule has 90 valence electrons. The highest BCUT2D eigenvalue weighted by Gasteiger charge is 2.21. The average molecular weight is 304 g/mol. The van der Waals surface area contributed by atoms with Gasteiger partial charge in [-0.15, -0.1) is 11.3 Å². The summed E-state index contributed by atoms with van der Waals surface area (Å²) >= 11 is 5.16. The van der Waals surface area contributed by atoms with E-state index in [1.165, 1.54) is 19.4 Å². The van der Waals surface area contributed by atoms with E-state index in [4.69, 9.17) is 0 Å². The summed E-state index contributed by atoms with van der Waals surface area (Å²) in [7, 11) is 2.21. The molecule has 0 spiro atoms. The SMILES string of the molecule is CC(NCC1CCCN1C)c1ncc(Br)s1. The van der Waals surface area contributed by atoms with Crippen LogP contribution in [0.25, 0.3) is 0 Å². The molecule has 0 aromatic carbocycles. The molecule has 0 bridgehead atoms. The van der Waals surface area contributed by atoms with Gasteiger partial charge in [-0.1, -0.05) is 0 Å². The van der Waals surface area contributed by atoms with Crippen LogP contribution in [0, 0.1) is 0 Å². The molecule has 2 heterocycles. The Morgan fingerprint density at radius 3 is 3.12 bits per heavy atom. The Bertz CT molecular complexity index is 342. The van der Waals surface area contributed by atoms with Crippen LogP contribution < -0.4 is 5.32 Å². The van der Waals surface area contributed by atoms with Crippen molar-refractivity contribution in [1.29, 1.82) is 0 Å². The molecule has 5 heteroatoms. The van der Waals surface area contributed by atoms with Crippen molar-refractivity contribution >= 4 is 27.3 Å². The maximum Gasteiger partial charge on any atom is 0.110 e. The first-order chi connectivity index (χ1) is 7.66. The molecule has 2 unspecified atom stereocenters. The first kappa shape index (κ1) is 12.5. The lowest BCUT2D eigenvalue weighted by Crippen LogP contribution is -2.36. The Labute approximate surface area is 109 Å². The van der Waals surface area contributed by atoms with Gasteiger partial charge in [0, 0.05) is 12.6 Å². The van der Waals surface area contributed by atoms with Gasteiger partial charge >= 0.3 is 0 Å². The zero-order valence-corrected chi connectivity index (χ0v) is 12.1. The third-order valence-corrected chi connectivity index (χ3v) is 4.86. The van der Waals surface area contributed by atoms with E-state index in [1.54, 1.807) is 11.3 Å². The summed E-state index contributed by atoms with van der Waals surface area (Å²) in [5.74, 6) is 0. The van der Waals surface area contributed by atoms with Crippen molar-refractivity contribution in [1.82, 2.24) is 15.2 Å². The minimum absolute atomic E-state index is 0.352. The van der Waals surface area contributed by atoms with Gasteiger partial charge in [0.1, 0.15) is 5.01 Å². The molecule has 2 rings (SSSR count). The van der Waals surface area contributed by atoms with E-state index in [0.29, 0.717) is 12.1 Å². The van der Waals surface area contributed by atoms with Crippen molar-refractivity contribution in [3.63, 3.8) is 0 Å². The summed E-state index contributed by atoms with van der Waals surface area (Å²) in [5.41, 5.74) is 0. The van der Waals surface area contributed by atoms with Gasteiger partial charge in [-0.25, -0.2) is 4.98 Å². The third kappa shape index (κ3) is 3.03. The largest absolute Gasteiger partial charge is 0.307 e. The molecule has 1 N–H and O–H groups in total. The molecule has 2 atom stereocenters. The number of likely N-dealkylation sites (N-methyl/N-ethyl adjacent to an activating group) is 1. The predicted octanol–water partition coefficient (Wildman–Crippen LogP) is 2.65. The highest BCUT2D eigenvalue weighted by molar-refractivity contribution is 9.11. The van der Waals surface area contributed by atoms with Crippen molar-refractivity contribution in [2.24, 2.45) is 0 Å². The minimum atomic E-state index is 0.352. The summed E-state index contributed by atoms with van der Waals surface area (Å²) in [6.07, 6.45) is 4.53. The number of hydrogen-bond acceptors (Lipinski definition) is 4. The average Bonchev–Trinajstić information content (AvgIpc) is 2.84. The van der Waals surface area contributed by atoms with Crippen LogP contribution in [-0.2, 0) is 0 Å². The summed E-state index contributed by atoms with van der Waals surface area (Å²) in [6, 6.07) is 1.05. The number of hydrogen-bond donors (Lipinski definition) is 1. The van der Waals surface area contributed by atoms with Gasteiger partial charge in [-0.2, -0.15) is 0 Å². The Kier molecular flexibility index (Phi) is 4.35. The number of likely N-dealkylation sites (tertiary alicyclic amines) is 1. The van der Waals surface area contributed by atoms with Gasteiger partial charge < -0.3 is 10.2 Å². The zero-order chi connectivity index (χ0) is 11.5. The molecule has 1 saturated heterocycles. The monoisotopic (exact) mass is 303 g/mol. The molecule has 0 radical (unpaired) electrons. The molecule has 1 fully saturated rings. The van der Waals surface area contributed by atoms with Crippen LogP contribution in [-0.4, -0.2) is 36.1 Å². The summed E-state index contributed by atoms with van der Waals surface area (Å²) in [6.45, 7) is 4.48. The molecule has 1 aliphatic rings. The van der Waals surface area contributed by atoms with Gasteiger partial charge in [0.15, 0.2) is 0 Å². The maximum absolute atomic E-state index is 4.38. The van der Waals surface area contributed by atoms with Gasteiger partial charge in [-0.05, 0) is 49.3 Å². The molecule has 1 aromatic rings. The van der Waals surface area contributed by atoms with Gasteiger partial charge in [0.25, 0.3) is 0 Å². The van der Waals surface area contributed by atoms with Crippen molar-refractivity contribution in [3.05, 3.63) is 15.0 Å². The quantitative estimate of drug-likeness (QED) is 0.927. The number of nitrogens with one attached hydrogen (secondary N) is 1. The first-order valence-electron chi connectivity index (χ1n) is 5.71. The summed E-state index contributed by atoms with van der Waals surface area (Å²) in [4.78, 5) is 6.82. The second kappa shape index (κ2) is 5.58. The Balaban J connectivity index is 1.81. The molecule has 1 aliphatic heterocycles. The summed E-state index contributed by atoms with van der Waals surface area (Å²) in [5, 5.41) is 4.73. The Hall–Kier alpha value is 0.0300. The fourth-order valence-corrected chi connectivity index (χ4v) is 3.38. The lowest BCUT2D eigenvalue weighted by atomic mass is 10.2. The Morgan fingerprint density at radius 2 is 2.56 bits per heavy atom. The van der Waals surface area contributed by atoms with E-state index < -0.39 is 0 Å². The number of halogens is 1. The molecule has 3 nitrogen and oxygen atoms in total. The first-order valence-corrected chi connectivity index (χ1v) is 7.32. The van der Waals surface area contributed by atoms with Gasteiger partial charge in [-0.3, -0.25) is 0 Å². The van der Waals surface area contributed by atoms with Crippen molar-refractivity contribution in [2.75, 3.05) is 20.1 Å². The van der Waals surface area contributed by atoms with E-state index in [0.717, 1.165) is 15.3 Å². The van der Waals surface area contributed by atoms with Crippen molar-refractivity contribution in [3.8, 4) is 0 Å². The molecular weight excluding hydrogens is 286 g/mol. The van der Waals surface area contributed by atoms with Crippen LogP contribution in [0.15, 0.2) is 9.98 Å². The number of rotatable bonds is 4. The zero-order valence-electron chi connectivity index (χ0n) is 9.74. The van der Waals surface area contributed by atoms with E-state index in [-0.39, 0.29) is 0 Å². The fourth-order valence-electron chi connectivity index (χ4n) is 2.10. The van der Waals surface area contributed by atoms with Crippen LogP contribution in [0.3, 0.4) is 0 Å². The van der Waals surface area contributed by atoms with E-state index in [2.05, 4.69) is 45.1 Å². The second-order valence-electron chi connectivity index (χ2n) is 4.41. The molecule has 0 amide bonds. The van der Waals surface area contributed by atoms with E-state index in [9.17, 15) is 0 Å². The normalized spacial score (nSPS) is 23.8. The summed E-state index contributed by atoms with van der Waals surface area (Å²) < 4.78 is 1.11. The lowest BCUT2D eigenvalue weighted by Gasteiger charge is -2.21. The van der Waals surface area contributed by atoms with Crippen LogP contribution in [0.1, 0.15) is 30.8 Å². The van der Waals surface area contributed by atoms with Crippen LogP contribution >= 0.6 is 27.3 Å². The van der Waals surface area contributed by atoms with E-state index >= 15 is 0 Å². The predicted molar refractivity (Wildman–Crippen MR) is 71.9 cm³/mol. The minimum Gasteiger partial charge on any atom is -0.307 e. The van der Waals surface area contributed by atoms with Crippen molar-refractivity contribution < 1.29 is 0 Å². The number of thiazole rings is 1.